The molecule has 0 atom stereocenters. The van der Waals surface area contributed by atoms with Crippen LogP contribution in [0.5, 0.6) is 0 Å². The third-order valence-electron chi connectivity index (χ3n) is 2.26. The summed E-state index contributed by atoms with van der Waals surface area (Å²) in [5, 5.41) is 0. The molecule has 0 aliphatic carbocycles. The van der Waals surface area contributed by atoms with Crippen molar-refractivity contribution in [3.63, 3.8) is 0 Å². The summed E-state index contributed by atoms with van der Waals surface area (Å²) in [5.74, 6) is 0. The number of hydrogen-bond acceptors (Lipinski definition) is 0. The van der Waals surface area contributed by atoms with Crippen LogP contribution in [0.4, 0.5) is 0 Å². The number of benzene rings is 1. The van der Waals surface area contributed by atoms with E-state index >= 15 is 0 Å². The molecule has 13 heavy (non-hydrogen) atoms. The van der Waals surface area contributed by atoms with Crippen LogP contribution in [0.2, 0.25) is 0 Å². The van der Waals surface area contributed by atoms with Crippen LogP contribution >= 0.6 is 0 Å². The lowest BCUT2D eigenvalue weighted by Crippen LogP contribution is -1.89. The monoisotopic (exact) mass is 174 g/mol. The number of aryl methyl sites for hydroxylation is 2. The average molecular weight is 174 g/mol. The largest absolute Gasteiger partial charge is 0.0985 e. The Bertz CT molecular complexity index is 284. The van der Waals surface area contributed by atoms with E-state index in [-0.39, 0.29) is 0 Å². The van der Waals surface area contributed by atoms with Gasteiger partial charge in [0.05, 0.1) is 0 Å². The van der Waals surface area contributed by atoms with E-state index < -0.39 is 0 Å². The summed E-state index contributed by atoms with van der Waals surface area (Å²) in [4.78, 5) is 0. The highest BCUT2D eigenvalue weighted by atomic mass is 14.0. The van der Waals surface area contributed by atoms with Crippen LogP contribution in [-0.2, 0) is 12.8 Å². The average Bonchev–Trinajstić information content (AvgIpc) is 2.17. The Morgan fingerprint density at radius 1 is 1.15 bits per heavy atom. The maximum atomic E-state index is 3.81. The zero-order valence-corrected chi connectivity index (χ0v) is 8.64. The van der Waals surface area contributed by atoms with Gasteiger partial charge in [0, 0.05) is 0 Å². The zero-order valence-electron chi connectivity index (χ0n) is 8.64. The number of hydrogen-bond donors (Lipinski definition) is 0. The van der Waals surface area contributed by atoms with E-state index in [1.54, 1.807) is 0 Å². The second-order valence-electron chi connectivity index (χ2n) is 3.39. The van der Waals surface area contributed by atoms with Crippen LogP contribution in [0.1, 0.15) is 37.0 Å². The Morgan fingerprint density at radius 2 is 1.85 bits per heavy atom. The maximum absolute atomic E-state index is 3.81. The smallest absolute Gasteiger partial charge is 0.0257 e. The third-order valence-corrected chi connectivity index (χ3v) is 2.26. The molecule has 0 heterocycles. The Morgan fingerprint density at radius 3 is 2.38 bits per heavy atom. The second-order valence-corrected chi connectivity index (χ2v) is 3.39. The topological polar surface area (TPSA) is 0 Å². The Kier molecular flexibility index (Phi) is 3.75. The molecule has 0 amide bonds. The van der Waals surface area contributed by atoms with Crippen LogP contribution in [0, 0.1) is 0 Å². The van der Waals surface area contributed by atoms with Crippen LogP contribution in [-0.4, -0.2) is 0 Å². The highest BCUT2D eigenvalue weighted by molar-refractivity contribution is 5.50. The lowest BCUT2D eigenvalue weighted by molar-refractivity contribution is 0.917. The summed E-state index contributed by atoms with van der Waals surface area (Å²) in [6.07, 6.45) is 5.43. The van der Waals surface area contributed by atoms with E-state index in [1.165, 1.54) is 29.5 Å². The van der Waals surface area contributed by atoms with Crippen LogP contribution in [0.3, 0.4) is 0 Å². The molecule has 0 aliphatic rings. The molecule has 70 valence electrons. The molecule has 1 aromatic carbocycles. The fourth-order valence-corrected chi connectivity index (χ4v) is 1.55. The molecular weight excluding hydrogens is 156 g/mol. The molecule has 1 aromatic rings. The van der Waals surface area contributed by atoms with Gasteiger partial charge in [0.2, 0.25) is 0 Å². The molecule has 0 bridgehead atoms. The van der Waals surface area contributed by atoms with Crippen LogP contribution < -0.4 is 0 Å². The Balaban J connectivity index is 2.99. The first-order valence-corrected chi connectivity index (χ1v) is 5.05. The zero-order chi connectivity index (χ0) is 9.68. The van der Waals surface area contributed by atoms with Crippen molar-refractivity contribution in [3.05, 3.63) is 41.5 Å². The lowest BCUT2D eigenvalue weighted by Gasteiger charge is -2.04. The van der Waals surface area contributed by atoms with E-state index in [9.17, 15) is 0 Å². The first kappa shape index (κ1) is 10.0. The summed E-state index contributed by atoms with van der Waals surface area (Å²) in [6.45, 7) is 8.21. The first-order chi connectivity index (χ1) is 6.30. The molecule has 0 fully saturated rings. The predicted octanol–water partition coefficient (Wildman–Crippen LogP) is 3.84. The van der Waals surface area contributed by atoms with Gasteiger partial charge < -0.3 is 0 Å². The molecule has 0 radical (unpaired) electrons. The normalized spacial score (nSPS) is 10.0. The summed E-state index contributed by atoms with van der Waals surface area (Å²) in [6, 6.07) is 6.75. The van der Waals surface area contributed by atoms with Crippen molar-refractivity contribution in [2.45, 2.75) is 33.1 Å². The highest BCUT2D eigenvalue weighted by Crippen LogP contribution is 2.13. The molecule has 0 unspecified atom stereocenters. The minimum absolute atomic E-state index is 1.11. The maximum Gasteiger partial charge on any atom is -0.0257 e. The van der Waals surface area contributed by atoms with Gasteiger partial charge in [0.1, 0.15) is 0 Å². The van der Waals surface area contributed by atoms with Crippen LogP contribution in [0.25, 0.3) is 6.08 Å². The lowest BCUT2D eigenvalue weighted by atomic mass is 10.0. The quantitative estimate of drug-likeness (QED) is 0.650. The van der Waals surface area contributed by atoms with Crippen molar-refractivity contribution < 1.29 is 0 Å². The summed E-state index contributed by atoms with van der Waals surface area (Å²) >= 11 is 0. The Hall–Kier alpha value is -1.04. The van der Waals surface area contributed by atoms with Crippen molar-refractivity contribution in [1.82, 2.24) is 0 Å². The molecule has 0 heteroatoms. The third kappa shape index (κ3) is 2.73. The minimum Gasteiger partial charge on any atom is -0.0985 e. The molecular formula is C13H18. The second kappa shape index (κ2) is 4.86. The van der Waals surface area contributed by atoms with E-state index in [0.717, 1.165) is 6.42 Å². The molecule has 0 spiro atoms. The molecule has 0 nitrogen and oxygen atoms in total. The molecule has 0 saturated carbocycles. The SMILES string of the molecule is C=Cc1cc(CC)cc(CCC)c1. The number of rotatable bonds is 4. The molecule has 0 saturated heterocycles. The standard InChI is InChI=1S/C13H18/c1-4-7-13-9-11(5-2)8-12(6-3)10-13/h5,8-10H,2,4,6-7H2,1,3H3. The van der Waals surface area contributed by atoms with E-state index in [0.29, 0.717) is 0 Å². The predicted molar refractivity (Wildman–Crippen MR) is 59.9 cm³/mol. The van der Waals surface area contributed by atoms with Crippen LogP contribution in [0.15, 0.2) is 24.8 Å². The van der Waals surface area contributed by atoms with Gasteiger partial charge in [-0.05, 0) is 29.5 Å². The van der Waals surface area contributed by atoms with E-state index in [1.807, 2.05) is 6.08 Å². The summed E-state index contributed by atoms with van der Waals surface area (Å²) in [5.41, 5.74) is 4.11. The van der Waals surface area contributed by atoms with Crippen molar-refractivity contribution in [2.24, 2.45) is 0 Å². The molecule has 1 rings (SSSR count). The van der Waals surface area contributed by atoms with Crippen molar-refractivity contribution >= 4 is 6.08 Å². The summed E-state index contributed by atoms with van der Waals surface area (Å²) in [7, 11) is 0. The van der Waals surface area contributed by atoms with Gasteiger partial charge in [-0.2, -0.15) is 0 Å². The van der Waals surface area contributed by atoms with Gasteiger partial charge >= 0.3 is 0 Å². The van der Waals surface area contributed by atoms with Gasteiger partial charge in [-0.25, -0.2) is 0 Å². The Labute approximate surface area is 81.3 Å². The minimum atomic E-state index is 1.11. The highest BCUT2D eigenvalue weighted by Gasteiger charge is 1.96. The molecule has 0 aliphatic heterocycles. The van der Waals surface area contributed by atoms with Gasteiger partial charge in [-0.3, -0.25) is 0 Å². The summed E-state index contributed by atoms with van der Waals surface area (Å²) < 4.78 is 0. The van der Waals surface area contributed by atoms with E-state index in [2.05, 4.69) is 38.6 Å². The molecule has 0 N–H and O–H groups in total. The van der Waals surface area contributed by atoms with Gasteiger partial charge in [0.25, 0.3) is 0 Å². The van der Waals surface area contributed by atoms with Crippen molar-refractivity contribution in [1.29, 1.82) is 0 Å². The fourth-order valence-electron chi connectivity index (χ4n) is 1.55. The van der Waals surface area contributed by atoms with Gasteiger partial charge in [0.15, 0.2) is 0 Å². The van der Waals surface area contributed by atoms with Crippen molar-refractivity contribution in [3.8, 4) is 0 Å². The van der Waals surface area contributed by atoms with Gasteiger partial charge in [-0.15, -0.1) is 0 Å². The van der Waals surface area contributed by atoms with Gasteiger partial charge in [-0.1, -0.05) is 51.1 Å². The fraction of sp³-hybridized carbons (Fsp3) is 0.385. The molecule has 0 aromatic heterocycles. The van der Waals surface area contributed by atoms with Crippen molar-refractivity contribution in [2.75, 3.05) is 0 Å². The van der Waals surface area contributed by atoms with E-state index in [4.69, 9.17) is 0 Å². The first-order valence-electron chi connectivity index (χ1n) is 5.05.